The molecule has 0 aromatic carbocycles. The number of rotatable bonds is 8. The predicted octanol–water partition coefficient (Wildman–Crippen LogP) is 0.673. The Balaban J connectivity index is 2.05. The molecule has 0 aliphatic heterocycles. The van der Waals surface area contributed by atoms with Gasteiger partial charge in [-0.05, 0) is 32.7 Å². The van der Waals surface area contributed by atoms with Gasteiger partial charge in [-0.2, -0.15) is 5.10 Å². The van der Waals surface area contributed by atoms with Crippen molar-refractivity contribution in [3.63, 3.8) is 0 Å². The molecule has 7 nitrogen and oxygen atoms in total. The van der Waals surface area contributed by atoms with Crippen LogP contribution in [0.1, 0.15) is 37.4 Å². The molecule has 2 rings (SSSR count). The molecule has 8 heteroatoms. The number of nitrogens with one attached hydrogen (secondary N) is 3. The number of hydrogen-bond donors (Lipinski definition) is 3. The normalized spacial score (nSPS) is 22.2. The molecule has 1 aromatic heterocycles. The quantitative estimate of drug-likeness (QED) is 0.613. The molecule has 0 unspecified atom stereocenters. The minimum absolute atomic E-state index is 0.0617. The molecule has 0 atom stereocenters. The van der Waals surface area contributed by atoms with Crippen LogP contribution in [0.15, 0.2) is 5.03 Å². The van der Waals surface area contributed by atoms with Crippen molar-refractivity contribution < 1.29 is 13.2 Å². The number of methoxy groups -OCH3 is 1. The fourth-order valence-electron chi connectivity index (χ4n) is 2.38. The number of H-pyrrole nitrogens is 1. The van der Waals surface area contributed by atoms with E-state index >= 15 is 0 Å². The fourth-order valence-corrected chi connectivity index (χ4v) is 3.84. The van der Waals surface area contributed by atoms with E-state index in [9.17, 15) is 8.42 Å². The van der Waals surface area contributed by atoms with Gasteiger partial charge >= 0.3 is 0 Å². The van der Waals surface area contributed by atoms with Crippen LogP contribution in [-0.4, -0.2) is 44.4 Å². The first-order chi connectivity index (χ1) is 9.97. The second-order valence-electron chi connectivity index (χ2n) is 5.46. The molecular formula is C13H24N4O3S. The second-order valence-corrected chi connectivity index (χ2v) is 7.09. The molecule has 0 bridgehead atoms. The maximum Gasteiger partial charge on any atom is 0.260 e. The second kappa shape index (κ2) is 6.87. The molecule has 0 spiro atoms. The van der Waals surface area contributed by atoms with Gasteiger partial charge in [0.2, 0.25) is 0 Å². The van der Waals surface area contributed by atoms with Crippen LogP contribution >= 0.6 is 0 Å². The molecular weight excluding hydrogens is 292 g/mol. The van der Waals surface area contributed by atoms with Crippen LogP contribution in [0, 0.1) is 6.92 Å². The summed E-state index contributed by atoms with van der Waals surface area (Å²) in [5, 5.41) is 10.1. The van der Waals surface area contributed by atoms with Crippen molar-refractivity contribution in [3.8, 4) is 0 Å². The Morgan fingerprint density at radius 2 is 2.14 bits per heavy atom. The molecule has 120 valence electrons. The van der Waals surface area contributed by atoms with E-state index in [1.807, 2.05) is 6.92 Å². The Kier molecular flexibility index (Phi) is 5.37. The molecule has 3 N–H and O–H groups in total. The smallest absolute Gasteiger partial charge is 0.260 e. The number of sulfonamides is 1. The van der Waals surface area contributed by atoms with E-state index in [0.717, 1.165) is 18.7 Å². The van der Waals surface area contributed by atoms with Crippen LogP contribution in [0.25, 0.3) is 0 Å². The number of aromatic amines is 1. The highest BCUT2D eigenvalue weighted by Crippen LogP contribution is 2.25. The number of aryl methyl sites for hydroxylation is 1. The molecule has 0 radical (unpaired) electrons. The summed E-state index contributed by atoms with van der Waals surface area (Å²) in [6.45, 7) is 5.24. The van der Waals surface area contributed by atoms with Gasteiger partial charge in [0.1, 0.15) is 0 Å². The van der Waals surface area contributed by atoms with Gasteiger partial charge in [-0.1, -0.05) is 6.92 Å². The molecule has 1 aliphatic carbocycles. The lowest BCUT2D eigenvalue weighted by Gasteiger charge is -2.34. The largest absolute Gasteiger partial charge is 0.381 e. The number of ether oxygens (including phenoxy) is 1. The zero-order chi connectivity index (χ0) is 15.5. The van der Waals surface area contributed by atoms with Gasteiger partial charge in [-0.25, -0.2) is 13.1 Å². The van der Waals surface area contributed by atoms with Gasteiger partial charge in [-0.15, -0.1) is 0 Å². The Bertz CT molecular complexity index is 564. The highest BCUT2D eigenvalue weighted by molar-refractivity contribution is 7.89. The van der Waals surface area contributed by atoms with Gasteiger partial charge in [0.15, 0.2) is 5.03 Å². The average Bonchev–Trinajstić information content (AvgIpc) is 2.76. The third-order valence-electron chi connectivity index (χ3n) is 3.77. The molecule has 0 saturated heterocycles. The highest BCUT2D eigenvalue weighted by atomic mass is 32.2. The minimum Gasteiger partial charge on any atom is -0.381 e. The lowest BCUT2D eigenvalue weighted by atomic mass is 9.90. The Labute approximate surface area is 125 Å². The van der Waals surface area contributed by atoms with Gasteiger partial charge in [0, 0.05) is 31.0 Å². The molecule has 21 heavy (non-hydrogen) atoms. The van der Waals surface area contributed by atoms with E-state index in [1.165, 1.54) is 0 Å². The van der Waals surface area contributed by atoms with E-state index in [0.29, 0.717) is 24.9 Å². The summed E-state index contributed by atoms with van der Waals surface area (Å²) >= 11 is 0. The zero-order valence-corrected chi connectivity index (χ0v) is 13.6. The fraction of sp³-hybridized carbons (Fsp3) is 0.769. The van der Waals surface area contributed by atoms with Gasteiger partial charge in [-0.3, -0.25) is 5.10 Å². The van der Waals surface area contributed by atoms with Crippen molar-refractivity contribution in [2.75, 3.05) is 13.7 Å². The Morgan fingerprint density at radius 3 is 2.76 bits per heavy atom. The standard InChI is InChI=1S/C13H24N4O3S/c1-4-5-14-8-12-9(2)15-16-13(12)21(18,19)17-10-6-11(7-10)20-3/h10-11,14,17H,4-8H2,1-3H3,(H,15,16). The van der Waals surface area contributed by atoms with Crippen molar-refractivity contribution in [1.82, 2.24) is 20.2 Å². The summed E-state index contributed by atoms with van der Waals surface area (Å²) in [6.07, 6.45) is 2.58. The first-order valence-electron chi connectivity index (χ1n) is 7.27. The van der Waals surface area contributed by atoms with E-state index in [4.69, 9.17) is 4.74 Å². The van der Waals surface area contributed by atoms with Crippen LogP contribution in [0.4, 0.5) is 0 Å². The summed E-state index contributed by atoms with van der Waals surface area (Å²) < 4.78 is 32.7. The molecule has 1 saturated carbocycles. The van der Waals surface area contributed by atoms with Gasteiger partial charge < -0.3 is 10.1 Å². The van der Waals surface area contributed by atoms with Crippen LogP contribution in [0.2, 0.25) is 0 Å². The van der Waals surface area contributed by atoms with Crippen molar-refractivity contribution in [3.05, 3.63) is 11.3 Å². The maximum absolute atomic E-state index is 12.4. The molecule has 1 aliphatic rings. The lowest BCUT2D eigenvalue weighted by Crippen LogP contribution is -2.47. The number of hydrogen-bond acceptors (Lipinski definition) is 5. The summed E-state index contributed by atoms with van der Waals surface area (Å²) in [4.78, 5) is 0. The summed E-state index contributed by atoms with van der Waals surface area (Å²) in [6, 6.07) is -0.0617. The zero-order valence-electron chi connectivity index (χ0n) is 12.8. The first-order valence-corrected chi connectivity index (χ1v) is 8.76. The molecule has 1 aromatic rings. The number of aromatic nitrogens is 2. The SMILES string of the molecule is CCCNCc1c(S(=O)(=O)NC2CC(OC)C2)n[nH]c1C. The van der Waals surface area contributed by atoms with Crippen LogP contribution in [0.5, 0.6) is 0 Å². The van der Waals surface area contributed by atoms with E-state index in [-0.39, 0.29) is 17.2 Å². The van der Waals surface area contributed by atoms with Gasteiger partial charge in [0.05, 0.1) is 6.10 Å². The minimum atomic E-state index is -3.59. The van der Waals surface area contributed by atoms with Crippen molar-refractivity contribution in [1.29, 1.82) is 0 Å². The summed E-state index contributed by atoms with van der Waals surface area (Å²) in [5.41, 5.74) is 1.49. The highest BCUT2D eigenvalue weighted by Gasteiger charge is 2.34. The summed E-state index contributed by atoms with van der Waals surface area (Å²) in [7, 11) is -1.94. The summed E-state index contributed by atoms with van der Waals surface area (Å²) in [5.74, 6) is 0. The topological polar surface area (TPSA) is 96.1 Å². The average molecular weight is 316 g/mol. The van der Waals surface area contributed by atoms with E-state index in [1.54, 1.807) is 7.11 Å². The van der Waals surface area contributed by atoms with Crippen LogP contribution in [-0.2, 0) is 21.3 Å². The monoisotopic (exact) mass is 316 g/mol. The first kappa shape index (κ1) is 16.4. The van der Waals surface area contributed by atoms with Crippen molar-refractivity contribution in [2.45, 2.75) is 56.8 Å². The molecule has 1 heterocycles. The van der Waals surface area contributed by atoms with E-state index in [2.05, 4.69) is 27.2 Å². The number of nitrogens with zero attached hydrogens (tertiary/aromatic N) is 1. The Morgan fingerprint density at radius 1 is 1.43 bits per heavy atom. The Hall–Kier alpha value is -0.960. The maximum atomic E-state index is 12.4. The lowest BCUT2D eigenvalue weighted by molar-refractivity contribution is 0.0236. The van der Waals surface area contributed by atoms with E-state index < -0.39 is 10.0 Å². The molecule has 0 amide bonds. The predicted molar refractivity (Wildman–Crippen MR) is 79.5 cm³/mol. The van der Waals surface area contributed by atoms with Crippen LogP contribution < -0.4 is 10.0 Å². The molecule has 1 fully saturated rings. The van der Waals surface area contributed by atoms with Crippen molar-refractivity contribution >= 4 is 10.0 Å². The van der Waals surface area contributed by atoms with Crippen LogP contribution in [0.3, 0.4) is 0 Å². The van der Waals surface area contributed by atoms with Crippen molar-refractivity contribution in [2.24, 2.45) is 0 Å². The third kappa shape index (κ3) is 3.82. The van der Waals surface area contributed by atoms with Gasteiger partial charge in [0.25, 0.3) is 10.0 Å². The third-order valence-corrected chi connectivity index (χ3v) is 5.26.